The van der Waals surface area contributed by atoms with Crippen LogP contribution in [-0.4, -0.2) is 39.9 Å². The van der Waals surface area contributed by atoms with Crippen molar-refractivity contribution in [2.45, 2.75) is 6.42 Å². The van der Waals surface area contributed by atoms with Crippen molar-refractivity contribution >= 4 is 28.4 Å². The summed E-state index contributed by atoms with van der Waals surface area (Å²) in [7, 11) is 0. The van der Waals surface area contributed by atoms with E-state index in [0.29, 0.717) is 24.6 Å². The average Bonchev–Trinajstić information content (AvgIpc) is 3.17. The highest BCUT2D eigenvalue weighted by Crippen LogP contribution is 2.25. The van der Waals surface area contributed by atoms with Crippen LogP contribution in [0.5, 0.6) is 0 Å². The molecule has 0 spiro atoms. The molecule has 2 aromatic heterocycles. The minimum absolute atomic E-state index is 0.254. The standard InChI is InChI=1S/C14H15N5O2S/c15-12(20)10-3-5-19(7-10)14(21)18-13-17-11(8-22-13)9-2-1-4-16-6-9/h1-2,4,6,8,10H,3,5,7H2,(H2,15,20)(H,17,18,21)/t10-/m0/s1. The minimum Gasteiger partial charge on any atom is -0.369 e. The molecule has 8 heteroatoms. The van der Waals surface area contributed by atoms with E-state index in [4.69, 9.17) is 5.73 Å². The van der Waals surface area contributed by atoms with Crippen molar-refractivity contribution in [2.24, 2.45) is 11.7 Å². The Morgan fingerprint density at radius 1 is 1.45 bits per heavy atom. The number of pyridine rings is 1. The van der Waals surface area contributed by atoms with E-state index in [1.54, 1.807) is 17.3 Å². The van der Waals surface area contributed by atoms with Crippen LogP contribution in [0.4, 0.5) is 9.93 Å². The number of rotatable bonds is 3. The fraction of sp³-hybridized carbons (Fsp3) is 0.286. The molecule has 0 aromatic carbocycles. The third-order valence-corrected chi connectivity index (χ3v) is 4.31. The summed E-state index contributed by atoms with van der Waals surface area (Å²) in [5.74, 6) is -0.614. The Bertz CT molecular complexity index is 688. The Balaban J connectivity index is 1.63. The van der Waals surface area contributed by atoms with Crippen molar-refractivity contribution in [1.82, 2.24) is 14.9 Å². The van der Waals surface area contributed by atoms with Crippen LogP contribution in [-0.2, 0) is 4.79 Å². The number of anilines is 1. The van der Waals surface area contributed by atoms with Crippen LogP contribution in [0.15, 0.2) is 29.9 Å². The number of aromatic nitrogens is 2. The van der Waals surface area contributed by atoms with Crippen LogP contribution in [0.3, 0.4) is 0 Å². The number of nitrogens with zero attached hydrogens (tertiary/aromatic N) is 3. The van der Waals surface area contributed by atoms with Gasteiger partial charge in [-0.05, 0) is 18.6 Å². The van der Waals surface area contributed by atoms with Crippen LogP contribution in [0.1, 0.15) is 6.42 Å². The van der Waals surface area contributed by atoms with Gasteiger partial charge in [-0.2, -0.15) is 0 Å². The van der Waals surface area contributed by atoms with Gasteiger partial charge in [0.1, 0.15) is 0 Å². The van der Waals surface area contributed by atoms with Crippen LogP contribution in [0.2, 0.25) is 0 Å². The summed E-state index contributed by atoms with van der Waals surface area (Å²) in [4.78, 5) is 33.3. The topological polar surface area (TPSA) is 101 Å². The zero-order chi connectivity index (χ0) is 15.5. The quantitative estimate of drug-likeness (QED) is 0.896. The molecule has 1 atom stereocenters. The van der Waals surface area contributed by atoms with Gasteiger partial charge in [0.15, 0.2) is 5.13 Å². The van der Waals surface area contributed by atoms with Crippen LogP contribution in [0, 0.1) is 5.92 Å². The first kappa shape index (κ1) is 14.5. The third kappa shape index (κ3) is 3.06. The van der Waals surface area contributed by atoms with Crippen molar-refractivity contribution in [3.05, 3.63) is 29.9 Å². The van der Waals surface area contributed by atoms with Crippen LogP contribution < -0.4 is 11.1 Å². The Labute approximate surface area is 131 Å². The molecule has 1 saturated heterocycles. The molecule has 0 bridgehead atoms. The van der Waals surface area contributed by atoms with Crippen molar-refractivity contribution in [3.63, 3.8) is 0 Å². The molecule has 114 valence electrons. The maximum absolute atomic E-state index is 12.1. The number of likely N-dealkylation sites (tertiary alicyclic amines) is 1. The minimum atomic E-state index is -0.358. The van der Waals surface area contributed by atoms with Crippen molar-refractivity contribution in [3.8, 4) is 11.3 Å². The molecule has 1 aliphatic rings. The van der Waals surface area contributed by atoms with Crippen molar-refractivity contribution < 1.29 is 9.59 Å². The Morgan fingerprint density at radius 2 is 2.32 bits per heavy atom. The number of nitrogens with one attached hydrogen (secondary N) is 1. The normalized spacial score (nSPS) is 17.5. The number of urea groups is 1. The van der Waals surface area contributed by atoms with Gasteiger partial charge >= 0.3 is 6.03 Å². The lowest BCUT2D eigenvalue weighted by Crippen LogP contribution is -2.34. The highest BCUT2D eigenvalue weighted by Gasteiger charge is 2.29. The summed E-state index contributed by atoms with van der Waals surface area (Å²) < 4.78 is 0. The maximum Gasteiger partial charge on any atom is 0.323 e. The second-order valence-electron chi connectivity index (χ2n) is 5.04. The molecule has 3 rings (SSSR count). The number of thiazole rings is 1. The largest absolute Gasteiger partial charge is 0.369 e. The maximum atomic E-state index is 12.1. The van der Waals surface area contributed by atoms with Gasteiger partial charge in [0, 0.05) is 36.4 Å². The zero-order valence-corrected chi connectivity index (χ0v) is 12.5. The van der Waals surface area contributed by atoms with Gasteiger partial charge in [-0.25, -0.2) is 9.78 Å². The molecule has 0 aliphatic carbocycles. The summed E-state index contributed by atoms with van der Waals surface area (Å²) in [6, 6.07) is 3.49. The van der Waals surface area contributed by atoms with Gasteiger partial charge in [-0.15, -0.1) is 11.3 Å². The predicted molar refractivity (Wildman–Crippen MR) is 83.2 cm³/mol. The molecule has 0 radical (unpaired) electrons. The monoisotopic (exact) mass is 317 g/mol. The lowest BCUT2D eigenvalue weighted by Gasteiger charge is -2.15. The molecule has 2 aromatic rings. The molecule has 7 nitrogen and oxygen atoms in total. The molecular weight excluding hydrogens is 302 g/mol. The number of hydrogen-bond donors (Lipinski definition) is 2. The first-order valence-electron chi connectivity index (χ1n) is 6.84. The fourth-order valence-corrected chi connectivity index (χ4v) is 3.03. The number of primary amides is 1. The molecule has 22 heavy (non-hydrogen) atoms. The first-order chi connectivity index (χ1) is 10.6. The second kappa shape index (κ2) is 6.10. The lowest BCUT2D eigenvalue weighted by atomic mass is 10.1. The Hall–Kier alpha value is -2.48. The highest BCUT2D eigenvalue weighted by molar-refractivity contribution is 7.14. The Kier molecular flexibility index (Phi) is 4.01. The van der Waals surface area contributed by atoms with Gasteiger partial charge in [0.25, 0.3) is 0 Å². The summed E-state index contributed by atoms with van der Waals surface area (Å²) >= 11 is 1.35. The molecular formula is C14H15N5O2S. The van der Waals surface area contributed by atoms with Gasteiger partial charge in [-0.3, -0.25) is 15.1 Å². The van der Waals surface area contributed by atoms with E-state index in [0.717, 1.165) is 11.3 Å². The zero-order valence-electron chi connectivity index (χ0n) is 11.7. The molecule has 0 unspecified atom stereocenters. The van der Waals surface area contributed by atoms with Gasteiger partial charge in [0.05, 0.1) is 11.6 Å². The van der Waals surface area contributed by atoms with E-state index < -0.39 is 0 Å². The molecule has 3 heterocycles. The lowest BCUT2D eigenvalue weighted by molar-refractivity contribution is -0.121. The van der Waals surface area contributed by atoms with E-state index in [-0.39, 0.29) is 17.9 Å². The molecule has 1 fully saturated rings. The number of amides is 3. The van der Waals surface area contributed by atoms with E-state index in [1.165, 1.54) is 11.3 Å². The van der Waals surface area contributed by atoms with E-state index in [1.807, 2.05) is 17.5 Å². The Morgan fingerprint density at radius 3 is 3.00 bits per heavy atom. The summed E-state index contributed by atoms with van der Waals surface area (Å²) in [5.41, 5.74) is 6.93. The predicted octanol–water partition coefficient (Wildman–Crippen LogP) is 1.54. The van der Waals surface area contributed by atoms with Crippen LogP contribution >= 0.6 is 11.3 Å². The van der Waals surface area contributed by atoms with Crippen LogP contribution in [0.25, 0.3) is 11.3 Å². The molecule has 3 N–H and O–H groups in total. The fourth-order valence-electron chi connectivity index (χ4n) is 2.33. The number of hydrogen-bond acceptors (Lipinski definition) is 5. The first-order valence-corrected chi connectivity index (χ1v) is 7.72. The van der Waals surface area contributed by atoms with Crippen molar-refractivity contribution in [1.29, 1.82) is 0 Å². The number of carbonyl (C=O) groups excluding carboxylic acids is 2. The highest BCUT2D eigenvalue weighted by atomic mass is 32.1. The van der Waals surface area contributed by atoms with Gasteiger partial charge < -0.3 is 10.6 Å². The molecule has 1 aliphatic heterocycles. The van der Waals surface area contributed by atoms with E-state index >= 15 is 0 Å². The molecule has 3 amide bonds. The summed E-state index contributed by atoms with van der Waals surface area (Å²) in [6.45, 7) is 0.891. The smallest absolute Gasteiger partial charge is 0.323 e. The number of nitrogens with two attached hydrogens (primary N) is 1. The SMILES string of the molecule is NC(=O)[C@H]1CCN(C(=O)Nc2nc(-c3cccnc3)cs2)C1. The third-order valence-electron chi connectivity index (χ3n) is 3.55. The van der Waals surface area contributed by atoms with E-state index in [9.17, 15) is 9.59 Å². The van der Waals surface area contributed by atoms with Gasteiger partial charge in [0.2, 0.25) is 5.91 Å². The van der Waals surface area contributed by atoms with E-state index in [2.05, 4.69) is 15.3 Å². The summed E-state index contributed by atoms with van der Waals surface area (Å²) in [6.07, 6.45) is 4.03. The van der Waals surface area contributed by atoms with Gasteiger partial charge in [-0.1, -0.05) is 0 Å². The second-order valence-corrected chi connectivity index (χ2v) is 5.90. The average molecular weight is 317 g/mol. The number of carbonyl (C=O) groups is 2. The molecule has 0 saturated carbocycles. The van der Waals surface area contributed by atoms with Crippen molar-refractivity contribution in [2.75, 3.05) is 18.4 Å². The summed E-state index contributed by atoms with van der Waals surface area (Å²) in [5, 5.41) is 5.14.